The second kappa shape index (κ2) is 9.17. The summed E-state index contributed by atoms with van der Waals surface area (Å²) in [5.74, 6) is -0.0964. The fourth-order valence-electron chi connectivity index (χ4n) is 3.09. The molecule has 0 radical (unpaired) electrons. The molecule has 7 nitrogen and oxygen atoms in total. The molecular weight excluding hydrogens is 344 g/mol. The first kappa shape index (κ1) is 19.7. The number of hydrogen-bond donors (Lipinski definition) is 2. The Morgan fingerprint density at radius 3 is 2.56 bits per heavy atom. The Labute approximate surface area is 152 Å². The summed E-state index contributed by atoms with van der Waals surface area (Å²) in [6, 6.07) is 5.91. The Balaban J connectivity index is 0.000000196. The molecule has 1 unspecified atom stereocenters. The van der Waals surface area contributed by atoms with Crippen molar-refractivity contribution in [2.75, 3.05) is 19.8 Å². The Hall–Kier alpha value is -1.64. The number of nitro groups is 1. The highest BCUT2D eigenvalue weighted by atomic mass is 32.1. The van der Waals surface area contributed by atoms with Gasteiger partial charge in [0, 0.05) is 35.8 Å². The van der Waals surface area contributed by atoms with Crippen molar-refractivity contribution < 1.29 is 19.2 Å². The number of thiol groups is 1. The Bertz CT molecular complexity index is 587. The average Bonchev–Trinajstić information content (AvgIpc) is 3.00. The fraction of sp³-hybridized carbons (Fsp3) is 0.588. The van der Waals surface area contributed by atoms with Crippen LogP contribution in [0.25, 0.3) is 0 Å². The summed E-state index contributed by atoms with van der Waals surface area (Å²) in [5.41, 5.74) is 0.244. The number of carbonyl (C=O) groups is 1. The van der Waals surface area contributed by atoms with Gasteiger partial charge in [-0.15, -0.1) is 12.6 Å². The van der Waals surface area contributed by atoms with Crippen molar-refractivity contribution >= 4 is 24.3 Å². The molecule has 3 rings (SSSR count). The maximum atomic E-state index is 11.6. The molecule has 0 aliphatic carbocycles. The summed E-state index contributed by atoms with van der Waals surface area (Å²) < 4.78 is 10.4. The van der Waals surface area contributed by atoms with E-state index in [0.29, 0.717) is 6.61 Å². The molecule has 1 spiro atoms. The zero-order valence-electron chi connectivity index (χ0n) is 14.3. The van der Waals surface area contributed by atoms with E-state index in [1.54, 1.807) is 12.1 Å². The topological polar surface area (TPSA) is 90.7 Å². The molecule has 1 aromatic carbocycles. The van der Waals surface area contributed by atoms with Gasteiger partial charge in [-0.25, -0.2) is 0 Å². The molecule has 2 heterocycles. The van der Waals surface area contributed by atoms with Gasteiger partial charge in [-0.2, -0.15) is 0 Å². The number of benzene rings is 1. The summed E-state index contributed by atoms with van der Waals surface area (Å²) >= 11 is 3.98. The number of rotatable bonds is 3. The van der Waals surface area contributed by atoms with Gasteiger partial charge >= 0.3 is 5.97 Å². The van der Waals surface area contributed by atoms with Gasteiger partial charge in [0.15, 0.2) is 0 Å². The highest BCUT2D eigenvalue weighted by Gasteiger charge is 2.42. The molecule has 1 N–H and O–H groups in total. The molecular formula is C17H24N2O5S. The molecule has 2 aliphatic heterocycles. The highest BCUT2D eigenvalue weighted by molar-refractivity contribution is 7.80. The molecule has 0 amide bonds. The van der Waals surface area contributed by atoms with Gasteiger partial charge in [-0.1, -0.05) is 0 Å². The van der Waals surface area contributed by atoms with Crippen LogP contribution in [-0.4, -0.2) is 42.3 Å². The van der Waals surface area contributed by atoms with Crippen molar-refractivity contribution in [3.63, 3.8) is 0 Å². The van der Waals surface area contributed by atoms with Gasteiger partial charge in [0.1, 0.15) is 6.04 Å². The van der Waals surface area contributed by atoms with E-state index >= 15 is 0 Å². The second-order valence-electron chi connectivity index (χ2n) is 6.15. The molecule has 2 saturated heterocycles. The minimum atomic E-state index is -0.437. The minimum absolute atomic E-state index is 0.0944. The number of hydrogen-bond acceptors (Lipinski definition) is 7. The van der Waals surface area contributed by atoms with Crippen molar-refractivity contribution in [2.24, 2.45) is 0 Å². The summed E-state index contributed by atoms with van der Waals surface area (Å²) in [5, 5.41) is 13.5. The van der Waals surface area contributed by atoms with E-state index in [4.69, 9.17) is 9.47 Å². The Kier molecular flexibility index (Phi) is 7.22. The van der Waals surface area contributed by atoms with Crippen molar-refractivity contribution in [1.82, 2.24) is 5.32 Å². The van der Waals surface area contributed by atoms with Gasteiger partial charge in [0.2, 0.25) is 0 Å². The lowest BCUT2D eigenvalue weighted by atomic mass is 9.89. The average molecular weight is 368 g/mol. The maximum Gasteiger partial charge on any atom is 0.323 e. The molecule has 1 atom stereocenters. The lowest BCUT2D eigenvalue weighted by molar-refractivity contribution is -0.384. The summed E-state index contributed by atoms with van der Waals surface area (Å²) in [6.45, 7) is 3.93. The number of nitrogens with zero attached hydrogens (tertiary/aromatic N) is 1. The van der Waals surface area contributed by atoms with E-state index in [1.165, 1.54) is 12.1 Å². The van der Waals surface area contributed by atoms with Crippen LogP contribution in [0, 0.1) is 10.1 Å². The summed E-state index contributed by atoms with van der Waals surface area (Å²) in [7, 11) is 0. The lowest BCUT2D eigenvalue weighted by Crippen LogP contribution is -2.49. The molecule has 1 aromatic rings. The van der Waals surface area contributed by atoms with Crippen molar-refractivity contribution in [3.8, 4) is 0 Å². The molecule has 0 bridgehead atoms. The normalized spacial score (nSPS) is 21.3. The molecule has 0 saturated carbocycles. The van der Waals surface area contributed by atoms with Crippen LogP contribution in [0.1, 0.15) is 32.6 Å². The van der Waals surface area contributed by atoms with Crippen LogP contribution in [0.15, 0.2) is 29.2 Å². The molecule has 138 valence electrons. The monoisotopic (exact) mass is 368 g/mol. The fourth-order valence-corrected chi connectivity index (χ4v) is 3.23. The zero-order chi connectivity index (χ0) is 18.3. The van der Waals surface area contributed by atoms with Crippen LogP contribution in [0.5, 0.6) is 0 Å². The molecule has 8 heteroatoms. The first-order valence-corrected chi connectivity index (χ1v) is 8.86. The first-order chi connectivity index (χ1) is 12.0. The van der Waals surface area contributed by atoms with E-state index in [0.717, 1.165) is 43.8 Å². The number of nitro benzene ring substituents is 1. The van der Waals surface area contributed by atoms with Gasteiger partial charge in [-0.05, 0) is 44.7 Å². The predicted octanol–water partition coefficient (Wildman–Crippen LogP) is 2.73. The first-order valence-electron chi connectivity index (χ1n) is 8.41. The van der Waals surface area contributed by atoms with Crippen LogP contribution in [0.2, 0.25) is 0 Å². The highest BCUT2D eigenvalue weighted by Crippen LogP contribution is 2.32. The molecule has 25 heavy (non-hydrogen) atoms. The van der Waals surface area contributed by atoms with E-state index < -0.39 is 4.92 Å². The second-order valence-corrected chi connectivity index (χ2v) is 6.67. The number of carbonyl (C=O) groups excluding carboxylic acids is 1. The summed E-state index contributed by atoms with van der Waals surface area (Å²) in [4.78, 5) is 21.9. The minimum Gasteiger partial charge on any atom is -0.465 e. The van der Waals surface area contributed by atoms with E-state index in [1.807, 2.05) is 6.92 Å². The number of esters is 1. The zero-order valence-corrected chi connectivity index (χ0v) is 15.2. The van der Waals surface area contributed by atoms with Crippen LogP contribution in [0.4, 0.5) is 5.69 Å². The molecule has 0 aromatic heterocycles. The number of nitrogens with one attached hydrogen (secondary N) is 1. The molecule has 2 aliphatic rings. The Morgan fingerprint density at radius 2 is 2.00 bits per heavy atom. The SMILES string of the molecule is CCOC(=O)C1CCC2(CCOCC2)N1.O=[N+]([O-])c1ccc(S)cc1. The van der Waals surface area contributed by atoms with E-state index in [2.05, 4.69) is 17.9 Å². The standard InChI is InChI=1S/C11H19NO3.C6H5NO2S/c1-2-15-10(13)9-3-4-11(12-9)5-7-14-8-6-11;8-7(9)5-1-3-6(10)4-2-5/h9,12H,2-8H2,1H3;1-4,10H. The van der Waals surface area contributed by atoms with Crippen molar-refractivity contribution in [3.05, 3.63) is 34.4 Å². The van der Waals surface area contributed by atoms with Crippen molar-refractivity contribution in [1.29, 1.82) is 0 Å². The number of non-ortho nitro benzene ring substituents is 1. The van der Waals surface area contributed by atoms with Crippen LogP contribution < -0.4 is 5.32 Å². The van der Waals surface area contributed by atoms with Crippen LogP contribution in [0.3, 0.4) is 0 Å². The quantitative estimate of drug-likeness (QED) is 0.369. The third-order valence-corrected chi connectivity index (χ3v) is 4.77. The predicted molar refractivity (Wildman–Crippen MR) is 95.9 cm³/mol. The van der Waals surface area contributed by atoms with Gasteiger partial charge in [0.05, 0.1) is 11.5 Å². The summed E-state index contributed by atoms with van der Waals surface area (Å²) in [6.07, 6.45) is 4.00. The van der Waals surface area contributed by atoms with Crippen LogP contribution in [-0.2, 0) is 14.3 Å². The lowest BCUT2D eigenvalue weighted by Gasteiger charge is -2.34. The third kappa shape index (κ3) is 5.69. The van der Waals surface area contributed by atoms with Gasteiger partial charge in [0.25, 0.3) is 5.69 Å². The molecule has 2 fully saturated rings. The van der Waals surface area contributed by atoms with Crippen LogP contribution >= 0.6 is 12.6 Å². The largest absolute Gasteiger partial charge is 0.465 e. The van der Waals surface area contributed by atoms with Gasteiger partial charge < -0.3 is 9.47 Å². The van der Waals surface area contributed by atoms with E-state index in [9.17, 15) is 14.9 Å². The maximum absolute atomic E-state index is 11.6. The van der Waals surface area contributed by atoms with Gasteiger partial charge in [-0.3, -0.25) is 20.2 Å². The number of ether oxygens (including phenoxy) is 2. The van der Waals surface area contributed by atoms with E-state index in [-0.39, 0.29) is 23.2 Å². The smallest absolute Gasteiger partial charge is 0.323 e. The third-order valence-electron chi connectivity index (χ3n) is 4.47. The van der Waals surface area contributed by atoms with Crippen molar-refractivity contribution in [2.45, 2.75) is 49.1 Å². The Morgan fingerprint density at radius 1 is 1.36 bits per heavy atom.